The van der Waals surface area contributed by atoms with E-state index in [1.165, 1.54) is 0 Å². The summed E-state index contributed by atoms with van der Waals surface area (Å²) < 4.78 is 8.35. The first kappa shape index (κ1) is 27.9. The molecule has 0 spiro atoms. The molecule has 0 fully saturated rings. The van der Waals surface area contributed by atoms with Crippen LogP contribution < -0.4 is 15.8 Å². The number of nitrogen functional groups attached to an aromatic ring is 1. The Bertz CT molecular complexity index is 1770. The Morgan fingerprint density at radius 3 is 2.37 bits per heavy atom. The van der Waals surface area contributed by atoms with E-state index >= 15 is 0 Å². The van der Waals surface area contributed by atoms with Crippen LogP contribution in [0.1, 0.15) is 19.4 Å². The molecule has 7 nitrogen and oxygen atoms in total. The second-order valence-electron chi connectivity index (χ2n) is 8.95. The van der Waals surface area contributed by atoms with Crippen LogP contribution in [0.4, 0.5) is 11.5 Å². The lowest BCUT2D eigenvalue weighted by Crippen LogP contribution is -2.04. The van der Waals surface area contributed by atoms with Crippen LogP contribution in [0.25, 0.3) is 39.5 Å². The van der Waals surface area contributed by atoms with E-state index in [1.807, 2.05) is 79.1 Å². The summed E-state index contributed by atoms with van der Waals surface area (Å²) in [5, 5.41) is 3.47. The van der Waals surface area contributed by atoms with Gasteiger partial charge in [-0.15, -0.1) is 0 Å². The highest BCUT2D eigenvalue weighted by molar-refractivity contribution is 9.10. The van der Waals surface area contributed by atoms with E-state index in [2.05, 4.69) is 62.6 Å². The zero-order chi connectivity index (χ0) is 28.8. The Morgan fingerprint density at radius 2 is 1.63 bits per heavy atom. The molecule has 8 heteroatoms. The van der Waals surface area contributed by atoms with Crippen LogP contribution in [0.15, 0.2) is 108 Å². The number of hydrogen-bond acceptors (Lipinski definition) is 6. The minimum Gasteiger partial charge on any atom is -0.495 e. The monoisotopic (exact) mass is 606 g/mol. The lowest BCUT2D eigenvalue weighted by atomic mass is 10.1. The average Bonchev–Trinajstić information content (AvgIpc) is 3.41. The van der Waals surface area contributed by atoms with Gasteiger partial charge in [0.15, 0.2) is 11.5 Å². The Hall–Kier alpha value is -4.69. The Morgan fingerprint density at radius 1 is 0.854 bits per heavy atom. The van der Waals surface area contributed by atoms with E-state index in [-0.39, 0.29) is 0 Å². The van der Waals surface area contributed by atoms with Crippen LogP contribution >= 0.6 is 15.9 Å². The number of fused-ring (bicyclic) bond motifs is 1. The zero-order valence-corrected chi connectivity index (χ0v) is 24.8. The molecule has 6 rings (SSSR count). The van der Waals surface area contributed by atoms with Gasteiger partial charge in [-0.25, -0.2) is 15.0 Å². The molecule has 0 aliphatic carbocycles. The second kappa shape index (κ2) is 12.7. The minimum absolute atomic E-state index is 0.419. The largest absolute Gasteiger partial charge is 0.495 e. The third-order valence-corrected chi connectivity index (χ3v) is 7.33. The van der Waals surface area contributed by atoms with Gasteiger partial charge in [0, 0.05) is 24.0 Å². The maximum atomic E-state index is 6.29. The van der Waals surface area contributed by atoms with Crippen molar-refractivity contribution in [3.05, 3.63) is 113 Å². The highest BCUT2D eigenvalue weighted by atomic mass is 79.9. The van der Waals surface area contributed by atoms with E-state index in [0.29, 0.717) is 18.2 Å². The first-order chi connectivity index (χ1) is 20.1. The molecule has 0 amide bonds. The number of anilines is 2. The standard InChI is InChI=1S/C31H25BrN6O.C2H6/c1-39-27-11-5-10-25(28(27)32)35-19-20-12-14-22(15-13-20)38-30(23-9-6-18-34-29(23)33)37-26-17-16-24(36-31(26)38)21-7-3-2-4-8-21;1-2/h2-18,35H,19H2,1H3,(H2,33,34);1-2H3. The molecule has 6 aromatic rings. The highest BCUT2D eigenvalue weighted by Crippen LogP contribution is 2.33. The van der Waals surface area contributed by atoms with Gasteiger partial charge in [0.1, 0.15) is 17.1 Å². The molecule has 0 saturated carbocycles. The van der Waals surface area contributed by atoms with Gasteiger partial charge >= 0.3 is 0 Å². The number of rotatable bonds is 7. The number of methoxy groups -OCH3 is 1. The fourth-order valence-corrected chi connectivity index (χ4v) is 5.09. The van der Waals surface area contributed by atoms with Crippen LogP contribution in [0.2, 0.25) is 0 Å². The summed E-state index contributed by atoms with van der Waals surface area (Å²) in [5.41, 5.74) is 13.5. The topological polar surface area (TPSA) is 90.9 Å². The Kier molecular flexibility index (Phi) is 8.60. The number of halogens is 1. The van der Waals surface area contributed by atoms with Crippen LogP contribution in [0.3, 0.4) is 0 Å². The van der Waals surface area contributed by atoms with E-state index < -0.39 is 0 Å². The highest BCUT2D eigenvalue weighted by Gasteiger charge is 2.18. The van der Waals surface area contributed by atoms with E-state index in [1.54, 1.807) is 13.3 Å². The lowest BCUT2D eigenvalue weighted by molar-refractivity contribution is 0.412. The summed E-state index contributed by atoms with van der Waals surface area (Å²) in [6.07, 6.45) is 1.68. The fourth-order valence-electron chi connectivity index (χ4n) is 4.52. The molecule has 3 aromatic heterocycles. The van der Waals surface area contributed by atoms with E-state index in [0.717, 1.165) is 55.1 Å². The van der Waals surface area contributed by atoms with Gasteiger partial charge in [-0.2, -0.15) is 0 Å². The number of aromatic nitrogens is 4. The molecule has 3 N–H and O–H groups in total. The third kappa shape index (κ3) is 5.78. The van der Waals surface area contributed by atoms with Gasteiger partial charge < -0.3 is 15.8 Å². The van der Waals surface area contributed by atoms with Crippen LogP contribution in [0, 0.1) is 0 Å². The van der Waals surface area contributed by atoms with Crippen molar-refractivity contribution in [1.29, 1.82) is 0 Å². The van der Waals surface area contributed by atoms with Crippen molar-refractivity contribution in [2.24, 2.45) is 0 Å². The lowest BCUT2D eigenvalue weighted by Gasteiger charge is -2.13. The summed E-state index contributed by atoms with van der Waals surface area (Å²) in [5.74, 6) is 1.90. The van der Waals surface area contributed by atoms with Crippen molar-refractivity contribution in [3.8, 4) is 34.1 Å². The van der Waals surface area contributed by atoms with Crippen molar-refractivity contribution in [3.63, 3.8) is 0 Å². The molecule has 0 bridgehead atoms. The summed E-state index contributed by atoms with van der Waals surface area (Å²) >= 11 is 3.61. The van der Waals surface area contributed by atoms with Gasteiger partial charge in [0.2, 0.25) is 0 Å². The molecular weight excluding hydrogens is 576 g/mol. The quantitative estimate of drug-likeness (QED) is 0.190. The van der Waals surface area contributed by atoms with E-state index in [9.17, 15) is 0 Å². The smallest absolute Gasteiger partial charge is 0.165 e. The van der Waals surface area contributed by atoms with Crippen LogP contribution in [-0.2, 0) is 6.54 Å². The molecule has 3 heterocycles. The minimum atomic E-state index is 0.419. The summed E-state index contributed by atoms with van der Waals surface area (Å²) in [6, 6.07) is 32.2. The van der Waals surface area contributed by atoms with Crippen molar-refractivity contribution in [1.82, 2.24) is 19.5 Å². The van der Waals surface area contributed by atoms with Gasteiger partial charge in [-0.3, -0.25) is 4.57 Å². The third-order valence-electron chi connectivity index (χ3n) is 6.51. The maximum absolute atomic E-state index is 6.29. The van der Waals surface area contributed by atoms with E-state index in [4.69, 9.17) is 20.4 Å². The van der Waals surface area contributed by atoms with Gasteiger partial charge in [0.25, 0.3) is 0 Å². The van der Waals surface area contributed by atoms with Crippen molar-refractivity contribution >= 4 is 38.6 Å². The molecule has 0 unspecified atom stereocenters. The molecule has 0 aliphatic heterocycles. The van der Waals surface area contributed by atoms with Gasteiger partial charge in [-0.05, 0) is 70.0 Å². The molecule has 41 heavy (non-hydrogen) atoms. The average molecular weight is 608 g/mol. The number of hydrogen-bond donors (Lipinski definition) is 2. The summed E-state index contributed by atoms with van der Waals surface area (Å²) in [7, 11) is 1.66. The molecule has 0 aliphatic rings. The first-order valence-electron chi connectivity index (χ1n) is 13.4. The normalized spacial score (nSPS) is 10.6. The van der Waals surface area contributed by atoms with Crippen molar-refractivity contribution in [2.45, 2.75) is 20.4 Å². The summed E-state index contributed by atoms with van der Waals surface area (Å²) in [6.45, 7) is 4.65. The van der Waals surface area contributed by atoms with Gasteiger partial charge in [0.05, 0.1) is 28.5 Å². The Labute approximate surface area is 248 Å². The number of imidazole rings is 1. The number of pyridine rings is 2. The van der Waals surface area contributed by atoms with Crippen LogP contribution in [0.5, 0.6) is 5.75 Å². The zero-order valence-electron chi connectivity index (χ0n) is 23.2. The number of nitrogens with one attached hydrogen (secondary N) is 1. The van der Waals surface area contributed by atoms with Gasteiger partial charge in [-0.1, -0.05) is 62.4 Å². The fraction of sp³-hybridized carbons (Fsp3) is 0.121. The van der Waals surface area contributed by atoms with Crippen LogP contribution in [-0.4, -0.2) is 26.6 Å². The molecule has 0 radical (unpaired) electrons. The number of nitrogens with zero attached hydrogens (tertiary/aromatic N) is 4. The summed E-state index contributed by atoms with van der Waals surface area (Å²) in [4.78, 5) is 14.3. The maximum Gasteiger partial charge on any atom is 0.165 e. The van der Waals surface area contributed by atoms with Crippen molar-refractivity contribution in [2.75, 3.05) is 18.2 Å². The SMILES string of the molecule is CC.COc1cccc(NCc2ccc(-n3c(-c4cccnc4N)nc4ccc(-c5ccccc5)nc43)cc2)c1Br. The molecular formula is C33H31BrN6O. The molecule has 0 atom stereocenters. The van der Waals surface area contributed by atoms with Crippen molar-refractivity contribution < 1.29 is 4.74 Å². The number of nitrogens with two attached hydrogens (primary N) is 1. The second-order valence-corrected chi connectivity index (χ2v) is 9.75. The predicted molar refractivity (Wildman–Crippen MR) is 171 cm³/mol. The number of ether oxygens (including phenoxy) is 1. The predicted octanol–water partition coefficient (Wildman–Crippen LogP) is 8.14. The Balaban J connectivity index is 0.00000165. The first-order valence-corrected chi connectivity index (χ1v) is 14.2. The molecule has 206 valence electrons. The molecule has 0 saturated heterocycles. The number of benzene rings is 3. The molecule has 3 aromatic carbocycles.